The molecule has 122 valence electrons. The van der Waals surface area contributed by atoms with Crippen LogP contribution in [0.25, 0.3) is 11.3 Å². The third-order valence-electron chi connectivity index (χ3n) is 3.38. The Morgan fingerprint density at radius 1 is 1.33 bits per heavy atom. The van der Waals surface area contributed by atoms with E-state index in [0.29, 0.717) is 22.1 Å². The summed E-state index contributed by atoms with van der Waals surface area (Å²) < 4.78 is 5.19. The van der Waals surface area contributed by atoms with Gasteiger partial charge in [0.05, 0.1) is 18.5 Å². The highest BCUT2D eigenvalue weighted by atomic mass is 32.1. The molecule has 0 spiro atoms. The number of hydrogen-bond acceptors (Lipinski definition) is 7. The van der Waals surface area contributed by atoms with Gasteiger partial charge < -0.3 is 9.84 Å². The molecule has 0 unspecified atom stereocenters. The number of aromatic hydroxyl groups is 1. The average Bonchev–Trinajstić information content (AvgIpc) is 3.09. The molecule has 7 heteroatoms. The fraction of sp³-hybridized carbons (Fsp3) is 0.118. The SMILES string of the molecule is COc1ccc(O)c(-c2csc(N/N=C(/C)c3cccnc3)n2)c1. The average molecular weight is 340 g/mol. The quantitative estimate of drug-likeness (QED) is 0.546. The van der Waals surface area contributed by atoms with Crippen LogP contribution >= 0.6 is 11.3 Å². The molecule has 6 nitrogen and oxygen atoms in total. The highest BCUT2D eigenvalue weighted by molar-refractivity contribution is 7.14. The molecule has 0 fully saturated rings. The lowest BCUT2D eigenvalue weighted by molar-refractivity contribution is 0.412. The van der Waals surface area contributed by atoms with Gasteiger partial charge in [-0.3, -0.25) is 10.4 Å². The Balaban J connectivity index is 1.79. The number of phenolic OH excluding ortho intramolecular Hbond substituents is 1. The van der Waals surface area contributed by atoms with Crippen molar-refractivity contribution in [3.63, 3.8) is 0 Å². The molecule has 2 heterocycles. The van der Waals surface area contributed by atoms with Gasteiger partial charge in [0.1, 0.15) is 11.5 Å². The van der Waals surface area contributed by atoms with Gasteiger partial charge in [0.2, 0.25) is 5.13 Å². The van der Waals surface area contributed by atoms with Gasteiger partial charge in [0.15, 0.2) is 0 Å². The summed E-state index contributed by atoms with van der Waals surface area (Å²) in [7, 11) is 1.58. The smallest absolute Gasteiger partial charge is 0.203 e. The van der Waals surface area contributed by atoms with Crippen LogP contribution in [0.2, 0.25) is 0 Å². The summed E-state index contributed by atoms with van der Waals surface area (Å²) in [6, 6.07) is 8.84. The molecular weight excluding hydrogens is 324 g/mol. The van der Waals surface area contributed by atoms with E-state index in [1.807, 2.05) is 24.4 Å². The molecule has 0 amide bonds. The second-order valence-corrected chi connectivity index (χ2v) is 5.83. The van der Waals surface area contributed by atoms with Gasteiger partial charge in [-0.25, -0.2) is 4.98 Å². The van der Waals surface area contributed by atoms with Crippen LogP contribution in [0.3, 0.4) is 0 Å². The van der Waals surface area contributed by atoms with Crippen molar-refractivity contribution in [2.75, 3.05) is 12.5 Å². The van der Waals surface area contributed by atoms with Crippen LogP contribution in [0.5, 0.6) is 11.5 Å². The summed E-state index contributed by atoms with van der Waals surface area (Å²) in [4.78, 5) is 8.52. The van der Waals surface area contributed by atoms with E-state index in [9.17, 15) is 5.11 Å². The number of rotatable bonds is 5. The van der Waals surface area contributed by atoms with Crippen molar-refractivity contribution in [3.8, 4) is 22.8 Å². The molecule has 0 aliphatic carbocycles. The van der Waals surface area contributed by atoms with Crippen molar-refractivity contribution in [1.82, 2.24) is 9.97 Å². The molecule has 3 aromatic rings. The molecule has 0 saturated carbocycles. The predicted octanol–water partition coefficient (Wildman–Crippen LogP) is 3.76. The number of hydrazone groups is 1. The summed E-state index contributed by atoms with van der Waals surface area (Å²) in [6.07, 6.45) is 3.47. The molecule has 2 N–H and O–H groups in total. The zero-order valence-electron chi connectivity index (χ0n) is 13.2. The molecule has 0 saturated heterocycles. The standard InChI is InChI=1S/C17H16N4O2S/c1-11(12-4-3-7-18-9-12)20-21-17-19-15(10-24-17)14-8-13(23-2)5-6-16(14)22/h3-10,22H,1-2H3,(H,19,21)/b20-11-. The lowest BCUT2D eigenvalue weighted by atomic mass is 10.1. The summed E-state index contributed by atoms with van der Waals surface area (Å²) in [6.45, 7) is 1.90. The number of methoxy groups -OCH3 is 1. The highest BCUT2D eigenvalue weighted by Gasteiger charge is 2.10. The fourth-order valence-corrected chi connectivity index (χ4v) is 2.72. The summed E-state index contributed by atoms with van der Waals surface area (Å²) >= 11 is 1.41. The van der Waals surface area contributed by atoms with E-state index < -0.39 is 0 Å². The topological polar surface area (TPSA) is 79.6 Å². The first-order valence-corrected chi connectivity index (χ1v) is 8.09. The summed E-state index contributed by atoms with van der Waals surface area (Å²) in [5, 5.41) is 16.8. The minimum absolute atomic E-state index is 0.155. The van der Waals surface area contributed by atoms with Crippen LogP contribution in [-0.2, 0) is 0 Å². The van der Waals surface area contributed by atoms with Crippen LogP contribution in [0.1, 0.15) is 12.5 Å². The number of phenols is 1. The number of nitrogens with zero attached hydrogens (tertiary/aromatic N) is 3. The van der Waals surface area contributed by atoms with Crippen LogP contribution < -0.4 is 10.2 Å². The first-order chi connectivity index (χ1) is 11.7. The zero-order valence-corrected chi connectivity index (χ0v) is 14.0. The van der Waals surface area contributed by atoms with Crippen molar-refractivity contribution in [2.24, 2.45) is 5.10 Å². The number of nitrogens with one attached hydrogen (secondary N) is 1. The van der Waals surface area contributed by atoms with Gasteiger partial charge in [-0.15, -0.1) is 11.3 Å². The molecule has 0 aliphatic rings. The number of thiazole rings is 1. The van der Waals surface area contributed by atoms with Gasteiger partial charge in [0.25, 0.3) is 0 Å². The Morgan fingerprint density at radius 2 is 2.21 bits per heavy atom. The number of anilines is 1. The number of pyridine rings is 1. The van der Waals surface area contributed by atoms with Gasteiger partial charge >= 0.3 is 0 Å². The minimum atomic E-state index is 0.155. The van der Waals surface area contributed by atoms with E-state index in [-0.39, 0.29) is 5.75 Å². The van der Waals surface area contributed by atoms with Crippen molar-refractivity contribution >= 4 is 22.2 Å². The van der Waals surface area contributed by atoms with Gasteiger partial charge in [-0.2, -0.15) is 5.10 Å². The Hall–Kier alpha value is -2.93. The minimum Gasteiger partial charge on any atom is -0.507 e. The molecule has 3 rings (SSSR count). The summed E-state index contributed by atoms with van der Waals surface area (Å²) in [5.74, 6) is 0.818. The number of hydrogen-bond donors (Lipinski definition) is 2. The predicted molar refractivity (Wildman–Crippen MR) is 95.8 cm³/mol. The normalized spacial score (nSPS) is 11.3. The molecule has 1 aromatic carbocycles. The Kier molecular flexibility index (Phi) is 4.72. The lowest BCUT2D eigenvalue weighted by Crippen LogP contribution is -1.99. The molecule has 0 radical (unpaired) electrons. The van der Waals surface area contributed by atoms with Crippen molar-refractivity contribution in [3.05, 3.63) is 53.7 Å². The van der Waals surface area contributed by atoms with Crippen LogP contribution in [-0.4, -0.2) is 27.9 Å². The fourth-order valence-electron chi connectivity index (χ4n) is 2.07. The van der Waals surface area contributed by atoms with Gasteiger partial charge in [0, 0.05) is 28.9 Å². The van der Waals surface area contributed by atoms with E-state index in [2.05, 4.69) is 20.5 Å². The Morgan fingerprint density at radius 3 is 2.96 bits per heavy atom. The number of aromatic nitrogens is 2. The maximum absolute atomic E-state index is 10.0. The molecule has 2 aromatic heterocycles. The molecule has 0 atom stereocenters. The van der Waals surface area contributed by atoms with E-state index >= 15 is 0 Å². The van der Waals surface area contributed by atoms with E-state index in [4.69, 9.17) is 4.74 Å². The van der Waals surface area contributed by atoms with Gasteiger partial charge in [-0.05, 0) is 31.2 Å². The van der Waals surface area contributed by atoms with Crippen LogP contribution in [0.15, 0.2) is 53.2 Å². The number of ether oxygens (including phenoxy) is 1. The van der Waals surface area contributed by atoms with E-state index in [0.717, 1.165) is 11.3 Å². The van der Waals surface area contributed by atoms with Crippen LogP contribution in [0.4, 0.5) is 5.13 Å². The lowest BCUT2D eigenvalue weighted by Gasteiger charge is -2.04. The second-order valence-electron chi connectivity index (χ2n) is 4.97. The van der Waals surface area contributed by atoms with E-state index in [1.165, 1.54) is 11.3 Å². The zero-order chi connectivity index (χ0) is 16.9. The first-order valence-electron chi connectivity index (χ1n) is 7.21. The summed E-state index contributed by atoms with van der Waals surface area (Å²) in [5.41, 5.74) is 5.96. The maximum Gasteiger partial charge on any atom is 0.203 e. The van der Waals surface area contributed by atoms with Crippen molar-refractivity contribution < 1.29 is 9.84 Å². The largest absolute Gasteiger partial charge is 0.507 e. The highest BCUT2D eigenvalue weighted by Crippen LogP contribution is 2.34. The molecule has 24 heavy (non-hydrogen) atoms. The van der Waals surface area contributed by atoms with E-state index in [1.54, 1.807) is 37.7 Å². The third kappa shape index (κ3) is 3.52. The molecule has 0 aliphatic heterocycles. The van der Waals surface area contributed by atoms with Crippen LogP contribution in [0, 0.1) is 0 Å². The Labute approximate surface area is 143 Å². The molecule has 0 bridgehead atoms. The maximum atomic E-state index is 10.0. The Bertz CT molecular complexity index is 862. The molecular formula is C17H16N4O2S. The van der Waals surface area contributed by atoms with Crippen molar-refractivity contribution in [2.45, 2.75) is 6.92 Å². The van der Waals surface area contributed by atoms with Crippen molar-refractivity contribution in [1.29, 1.82) is 0 Å². The second kappa shape index (κ2) is 7.10. The number of benzene rings is 1. The first kappa shape index (κ1) is 15.9. The third-order valence-corrected chi connectivity index (χ3v) is 4.13. The van der Waals surface area contributed by atoms with Gasteiger partial charge in [-0.1, -0.05) is 6.07 Å². The monoisotopic (exact) mass is 340 g/mol.